The lowest BCUT2D eigenvalue weighted by atomic mass is 9.84. The molecule has 0 amide bonds. The van der Waals surface area contributed by atoms with E-state index in [1.165, 1.54) is 135 Å². The predicted molar refractivity (Wildman–Crippen MR) is 181 cm³/mol. The minimum atomic E-state index is -3.97. The fourth-order valence-corrected chi connectivity index (χ4v) is 6.78. The molecule has 0 aromatic rings. The monoisotopic (exact) mass is 647 g/mol. The van der Waals surface area contributed by atoms with Crippen LogP contribution in [-0.4, -0.2) is 64.0 Å². The molecule has 0 radical (unpaired) electrons. The topological polar surface area (TPSA) is 162 Å². The minimum Gasteiger partial charge on any atom is -0.361 e. The van der Waals surface area contributed by atoms with Gasteiger partial charge in [-0.25, -0.2) is 0 Å². The first-order valence-corrected chi connectivity index (χ1v) is 19.2. The van der Waals surface area contributed by atoms with Crippen molar-refractivity contribution in [2.45, 2.75) is 235 Å². The third-order valence-corrected chi connectivity index (χ3v) is 10.2. The van der Waals surface area contributed by atoms with Crippen LogP contribution < -0.4 is 0 Å². The third kappa shape index (κ3) is 18.1. The lowest BCUT2D eigenvalue weighted by Crippen LogP contribution is -2.76. The van der Waals surface area contributed by atoms with Crippen molar-refractivity contribution >= 4 is 0 Å². The van der Waals surface area contributed by atoms with Crippen molar-refractivity contribution < 1.29 is 40.9 Å². The highest BCUT2D eigenvalue weighted by Crippen LogP contribution is 2.39. The molecule has 0 aliphatic heterocycles. The van der Waals surface area contributed by atoms with Crippen molar-refractivity contribution in [3.05, 3.63) is 0 Å². The number of hydrogen-bond donors (Lipinski definition) is 8. The molecule has 0 spiro atoms. The van der Waals surface area contributed by atoms with Crippen LogP contribution in [0.1, 0.15) is 212 Å². The van der Waals surface area contributed by atoms with Gasteiger partial charge in [-0.2, -0.15) is 0 Å². The van der Waals surface area contributed by atoms with E-state index in [0.29, 0.717) is 12.8 Å². The van der Waals surface area contributed by atoms with E-state index in [0.717, 1.165) is 38.5 Å². The Kier molecular flexibility index (Phi) is 23.5. The van der Waals surface area contributed by atoms with Crippen LogP contribution in [0, 0.1) is 0 Å². The van der Waals surface area contributed by atoms with Gasteiger partial charge in [-0.05, 0) is 12.8 Å². The van der Waals surface area contributed by atoms with Gasteiger partial charge in [-0.3, -0.25) is 0 Å². The van der Waals surface area contributed by atoms with E-state index in [-0.39, 0.29) is 12.8 Å². The van der Waals surface area contributed by atoms with Gasteiger partial charge in [0.05, 0.1) is 0 Å². The molecule has 1 rings (SSSR count). The Balaban J connectivity index is 2.46. The summed E-state index contributed by atoms with van der Waals surface area (Å²) >= 11 is 0. The smallest absolute Gasteiger partial charge is 0.279 e. The number of rotatable bonds is 0. The number of aliphatic hydroxyl groups is 8. The molecule has 1 fully saturated rings. The summed E-state index contributed by atoms with van der Waals surface area (Å²) in [4.78, 5) is 0. The van der Waals surface area contributed by atoms with Crippen molar-refractivity contribution in [2.24, 2.45) is 0 Å². The summed E-state index contributed by atoms with van der Waals surface area (Å²) < 4.78 is 0. The zero-order valence-electron chi connectivity index (χ0n) is 28.9. The van der Waals surface area contributed by atoms with Crippen molar-refractivity contribution in [2.75, 3.05) is 0 Å². The van der Waals surface area contributed by atoms with Gasteiger partial charge in [0, 0.05) is 12.8 Å². The first-order valence-electron chi connectivity index (χ1n) is 19.2. The van der Waals surface area contributed by atoms with Crippen LogP contribution in [0.5, 0.6) is 0 Å². The Morgan fingerprint density at radius 3 is 0.422 bits per heavy atom. The quantitative estimate of drug-likeness (QED) is 0.125. The van der Waals surface area contributed by atoms with Gasteiger partial charge in [-0.15, -0.1) is 0 Å². The molecule has 8 heteroatoms. The van der Waals surface area contributed by atoms with E-state index in [1.807, 2.05) is 0 Å². The molecule has 0 atom stereocenters. The maximum atomic E-state index is 10.4. The van der Waals surface area contributed by atoms with Crippen molar-refractivity contribution in [1.29, 1.82) is 0 Å². The average Bonchev–Trinajstić information content (AvgIpc) is 2.98. The molecule has 45 heavy (non-hydrogen) atoms. The molecule has 0 saturated heterocycles. The van der Waals surface area contributed by atoms with Gasteiger partial charge < -0.3 is 40.9 Å². The van der Waals surface area contributed by atoms with E-state index in [4.69, 9.17) is 0 Å². The molecule has 1 saturated carbocycles. The SMILES string of the molecule is OC1(O)CCCCCCCCCCCCCCCCCCCCCCCCCCCCCCCCCC(O)(O)C(O)(O)C1(O)O. The molecule has 0 heterocycles. The van der Waals surface area contributed by atoms with E-state index >= 15 is 0 Å². The van der Waals surface area contributed by atoms with Gasteiger partial charge in [-0.1, -0.05) is 186 Å². The molecule has 1 aliphatic rings. The van der Waals surface area contributed by atoms with Gasteiger partial charge in [0.25, 0.3) is 11.6 Å². The first kappa shape index (κ1) is 42.7. The molecule has 1 aliphatic carbocycles. The fraction of sp³-hybridized carbons (Fsp3) is 1.00. The zero-order chi connectivity index (χ0) is 33.3. The first-order chi connectivity index (χ1) is 21.5. The molecular formula is C37H74O8. The van der Waals surface area contributed by atoms with Crippen molar-refractivity contribution in [1.82, 2.24) is 0 Å². The van der Waals surface area contributed by atoms with E-state index in [1.54, 1.807) is 0 Å². The van der Waals surface area contributed by atoms with Crippen LogP contribution >= 0.6 is 0 Å². The lowest BCUT2D eigenvalue weighted by molar-refractivity contribution is -0.507. The molecule has 0 aromatic carbocycles. The van der Waals surface area contributed by atoms with Gasteiger partial charge in [0.15, 0.2) is 0 Å². The van der Waals surface area contributed by atoms with E-state index in [9.17, 15) is 40.9 Å². The van der Waals surface area contributed by atoms with Crippen LogP contribution in [0.2, 0.25) is 0 Å². The lowest BCUT2D eigenvalue weighted by Gasteiger charge is -2.47. The Bertz CT molecular complexity index is 623. The molecule has 8 N–H and O–H groups in total. The highest BCUT2D eigenvalue weighted by atomic mass is 16.7. The second-order valence-electron chi connectivity index (χ2n) is 14.4. The van der Waals surface area contributed by atoms with Gasteiger partial charge in [0.2, 0.25) is 11.6 Å². The van der Waals surface area contributed by atoms with E-state index < -0.39 is 36.0 Å². The fourth-order valence-electron chi connectivity index (χ4n) is 6.78. The molecule has 270 valence electrons. The summed E-state index contributed by atoms with van der Waals surface area (Å²) in [6.45, 7) is 0. The van der Waals surface area contributed by atoms with Crippen molar-refractivity contribution in [3.8, 4) is 0 Å². The van der Waals surface area contributed by atoms with Crippen LogP contribution in [0.4, 0.5) is 0 Å². The van der Waals surface area contributed by atoms with Crippen LogP contribution in [0.15, 0.2) is 0 Å². The Labute approximate surface area is 275 Å². The molecular weight excluding hydrogens is 572 g/mol. The van der Waals surface area contributed by atoms with Crippen molar-refractivity contribution in [3.63, 3.8) is 0 Å². The highest BCUT2D eigenvalue weighted by Gasteiger charge is 2.69. The summed E-state index contributed by atoms with van der Waals surface area (Å²) in [5, 5.41) is 82.9. The normalized spacial score (nSPS) is 26.7. The summed E-state index contributed by atoms with van der Waals surface area (Å²) in [6.07, 6.45) is 34.2. The average molecular weight is 647 g/mol. The Morgan fingerprint density at radius 1 is 0.178 bits per heavy atom. The highest BCUT2D eigenvalue weighted by molar-refractivity contribution is 5.00. The maximum Gasteiger partial charge on any atom is 0.279 e. The third-order valence-electron chi connectivity index (χ3n) is 10.2. The van der Waals surface area contributed by atoms with Crippen LogP contribution in [0.25, 0.3) is 0 Å². The Morgan fingerprint density at radius 2 is 0.289 bits per heavy atom. The maximum absolute atomic E-state index is 10.4. The Hall–Kier alpha value is -0.320. The zero-order valence-corrected chi connectivity index (χ0v) is 28.9. The largest absolute Gasteiger partial charge is 0.361 e. The molecule has 8 nitrogen and oxygen atoms in total. The second-order valence-corrected chi connectivity index (χ2v) is 14.4. The number of hydrogen-bond acceptors (Lipinski definition) is 8. The van der Waals surface area contributed by atoms with Crippen LogP contribution in [0.3, 0.4) is 0 Å². The van der Waals surface area contributed by atoms with Gasteiger partial charge in [0.1, 0.15) is 0 Å². The predicted octanol–water partition coefficient (Wildman–Crippen LogP) is 7.60. The van der Waals surface area contributed by atoms with Crippen LogP contribution in [-0.2, 0) is 0 Å². The second kappa shape index (κ2) is 24.8. The molecule has 0 bridgehead atoms. The summed E-state index contributed by atoms with van der Waals surface area (Å²) in [5.41, 5.74) is 0. The molecule has 0 unspecified atom stereocenters. The summed E-state index contributed by atoms with van der Waals surface area (Å²) in [7, 11) is 0. The standard InChI is InChI=1S/C37H74O8/c38-34(39)32-30-28-26-24-22-20-18-16-14-12-10-8-6-4-2-1-3-5-7-9-11-13-15-17-19-21-23-25-27-29-31-33-35(40,41)37(44,45)36(34,42)43/h38-45H,1-33H2. The van der Waals surface area contributed by atoms with E-state index in [2.05, 4.69) is 0 Å². The minimum absolute atomic E-state index is 0.204. The molecule has 0 aromatic heterocycles. The summed E-state index contributed by atoms with van der Waals surface area (Å²) in [5.74, 6) is -14.6. The summed E-state index contributed by atoms with van der Waals surface area (Å²) in [6, 6.07) is 0. The van der Waals surface area contributed by atoms with Gasteiger partial charge >= 0.3 is 0 Å².